The van der Waals surface area contributed by atoms with Gasteiger partial charge in [0.1, 0.15) is 19.4 Å². The number of rotatable bonds is 2. The molecule has 0 bridgehead atoms. The first-order valence-corrected chi connectivity index (χ1v) is 5.13. The second-order valence-electron chi connectivity index (χ2n) is 3.49. The summed E-state index contributed by atoms with van der Waals surface area (Å²) in [5.41, 5.74) is 1.28. The van der Waals surface area contributed by atoms with Crippen LogP contribution in [0.25, 0.3) is 5.03 Å². The van der Waals surface area contributed by atoms with Crippen LogP contribution >= 0.6 is 11.6 Å². The van der Waals surface area contributed by atoms with Crippen LogP contribution in [0.15, 0.2) is 28.9 Å². The minimum absolute atomic E-state index is 0.679. The summed E-state index contributed by atoms with van der Waals surface area (Å²) in [7, 11) is 2.09. The molecule has 0 saturated carbocycles. The number of furan rings is 1. The van der Waals surface area contributed by atoms with E-state index < -0.39 is 0 Å². The highest BCUT2D eigenvalue weighted by molar-refractivity contribution is 6.49. The summed E-state index contributed by atoms with van der Waals surface area (Å²) in [5, 5.41) is 0.679. The highest BCUT2D eigenvalue weighted by atomic mass is 35.5. The maximum absolute atomic E-state index is 6.11. The lowest BCUT2D eigenvalue weighted by Crippen LogP contribution is -2.06. The van der Waals surface area contributed by atoms with Gasteiger partial charge in [0.15, 0.2) is 5.71 Å². The van der Waals surface area contributed by atoms with Crippen LogP contribution < -0.4 is 0 Å². The lowest BCUT2D eigenvalue weighted by Gasteiger charge is -1.93. The van der Waals surface area contributed by atoms with Crippen LogP contribution in [0.1, 0.15) is 18.6 Å². The van der Waals surface area contributed by atoms with Gasteiger partial charge in [-0.25, -0.2) is 4.58 Å². The van der Waals surface area contributed by atoms with E-state index in [1.807, 2.05) is 18.2 Å². The van der Waals surface area contributed by atoms with Gasteiger partial charge in [-0.2, -0.15) is 0 Å². The minimum atomic E-state index is 0.679. The molecule has 0 saturated heterocycles. The SMILES string of the molecule is C[N+]1=C(/C=C(\Cl)c2ccco2)CCC1. The number of nitrogens with zero attached hydrogens (tertiary/aromatic N) is 1. The molecule has 2 nitrogen and oxygen atoms in total. The molecule has 0 aromatic carbocycles. The molecule has 74 valence electrons. The zero-order chi connectivity index (χ0) is 9.97. The van der Waals surface area contributed by atoms with E-state index in [0.29, 0.717) is 5.03 Å². The molecule has 0 aliphatic carbocycles. The monoisotopic (exact) mass is 210 g/mol. The first-order valence-electron chi connectivity index (χ1n) is 4.75. The van der Waals surface area contributed by atoms with Crippen molar-refractivity contribution in [3.05, 3.63) is 30.2 Å². The van der Waals surface area contributed by atoms with Crippen molar-refractivity contribution in [1.82, 2.24) is 0 Å². The molecule has 0 spiro atoms. The Morgan fingerprint density at radius 3 is 3.07 bits per heavy atom. The molecule has 1 aromatic rings. The van der Waals surface area contributed by atoms with E-state index in [2.05, 4.69) is 11.6 Å². The quantitative estimate of drug-likeness (QED) is 0.686. The average molecular weight is 211 g/mol. The van der Waals surface area contributed by atoms with Gasteiger partial charge in [0.25, 0.3) is 0 Å². The molecule has 0 amide bonds. The summed E-state index contributed by atoms with van der Waals surface area (Å²) >= 11 is 6.11. The van der Waals surface area contributed by atoms with Gasteiger partial charge < -0.3 is 4.42 Å². The molecular formula is C11H13ClNO+. The number of hydrogen-bond donors (Lipinski definition) is 0. The molecule has 1 aromatic heterocycles. The second-order valence-corrected chi connectivity index (χ2v) is 3.89. The van der Waals surface area contributed by atoms with Gasteiger partial charge in [-0.15, -0.1) is 0 Å². The van der Waals surface area contributed by atoms with Gasteiger partial charge in [0.05, 0.1) is 11.3 Å². The molecule has 0 unspecified atom stereocenters. The standard InChI is InChI=1S/C11H13ClNO/c1-13-6-2-4-9(13)8-10(12)11-5-3-7-14-11/h3,5,7-8H,2,4,6H2,1H3/q+1/b10-8-. The van der Waals surface area contributed by atoms with Crippen LogP contribution in [0.3, 0.4) is 0 Å². The Morgan fingerprint density at radius 2 is 2.50 bits per heavy atom. The molecule has 14 heavy (non-hydrogen) atoms. The van der Waals surface area contributed by atoms with Crippen molar-refractivity contribution in [3.63, 3.8) is 0 Å². The highest BCUT2D eigenvalue weighted by Gasteiger charge is 2.17. The molecule has 2 heterocycles. The Hall–Kier alpha value is -1.02. The Kier molecular flexibility index (Phi) is 2.73. The fraction of sp³-hybridized carbons (Fsp3) is 0.364. The van der Waals surface area contributed by atoms with Crippen LogP contribution in [0, 0.1) is 0 Å². The minimum Gasteiger partial charge on any atom is -0.463 e. The normalized spacial score (nSPS) is 18.0. The van der Waals surface area contributed by atoms with E-state index in [4.69, 9.17) is 16.0 Å². The predicted molar refractivity (Wildman–Crippen MR) is 57.8 cm³/mol. The third-order valence-corrected chi connectivity index (χ3v) is 2.76. The molecule has 0 N–H and O–H groups in total. The Balaban J connectivity index is 2.23. The summed E-state index contributed by atoms with van der Waals surface area (Å²) < 4.78 is 7.44. The number of halogens is 1. The third kappa shape index (κ3) is 1.90. The fourth-order valence-electron chi connectivity index (χ4n) is 1.65. The van der Waals surface area contributed by atoms with Gasteiger partial charge in [0, 0.05) is 18.9 Å². The van der Waals surface area contributed by atoms with Gasteiger partial charge in [-0.1, -0.05) is 11.6 Å². The van der Waals surface area contributed by atoms with Gasteiger partial charge in [0.2, 0.25) is 0 Å². The molecule has 1 aliphatic rings. The summed E-state index contributed by atoms with van der Waals surface area (Å²) in [6, 6.07) is 3.71. The van der Waals surface area contributed by atoms with Crippen molar-refractivity contribution < 1.29 is 8.99 Å². The number of allylic oxidation sites excluding steroid dienone is 1. The Bertz CT molecular complexity index is 376. The van der Waals surface area contributed by atoms with Crippen molar-refractivity contribution in [3.8, 4) is 0 Å². The Labute approximate surface area is 88.5 Å². The highest BCUT2D eigenvalue weighted by Crippen LogP contribution is 2.20. The molecule has 0 radical (unpaired) electrons. The lowest BCUT2D eigenvalue weighted by molar-refractivity contribution is -0.487. The third-order valence-electron chi connectivity index (χ3n) is 2.47. The molecule has 0 atom stereocenters. The largest absolute Gasteiger partial charge is 0.463 e. The van der Waals surface area contributed by atoms with Crippen LogP contribution in [-0.2, 0) is 0 Å². The fourth-order valence-corrected chi connectivity index (χ4v) is 1.88. The van der Waals surface area contributed by atoms with E-state index in [1.165, 1.54) is 12.1 Å². The van der Waals surface area contributed by atoms with Gasteiger partial charge in [-0.05, 0) is 12.1 Å². The van der Waals surface area contributed by atoms with E-state index in [9.17, 15) is 0 Å². The molecule has 0 fully saturated rings. The topological polar surface area (TPSA) is 16.1 Å². The van der Waals surface area contributed by atoms with Crippen molar-refractivity contribution >= 4 is 22.3 Å². The van der Waals surface area contributed by atoms with Crippen LogP contribution in [0.2, 0.25) is 0 Å². The second kappa shape index (κ2) is 4.01. The summed E-state index contributed by atoms with van der Waals surface area (Å²) in [4.78, 5) is 0. The van der Waals surface area contributed by atoms with E-state index >= 15 is 0 Å². The van der Waals surface area contributed by atoms with E-state index in [1.54, 1.807) is 6.26 Å². The van der Waals surface area contributed by atoms with Crippen molar-refractivity contribution in [2.45, 2.75) is 12.8 Å². The van der Waals surface area contributed by atoms with E-state index in [-0.39, 0.29) is 0 Å². The maximum Gasteiger partial charge on any atom is 0.177 e. The van der Waals surface area contributed by atoms with Crippen LogP contribution in [0.5, 0.6) is 0 Å². The zero-order valence-electron chi connectivity index (χ0n) is 8.16. The maximum atomic E-state index is 6.11. The summed E-state index contributed by atoms with van der Waals surface area (Å²) in [6.45, 7) is 1.12. The van der Waals surface area contributed by atoms with Gasteiger partial charge in [-0.3, -0.25) is 0 Å². The van der Waals surface area contributed by atoms with Crippen LogP contribution in [0.4, 0.5) is 0 Å². The molecular weight excluding hydrogens is 198 g/mol. The summed E-state index contributed by atoms with van der Waals surface area (Å²) in [6.07, 6.45) is 5.94. The molecule has 3 heteroatoms. The molecule has 2 rings (SSSR count). The molecule has 1 aliphatic heterocycles. The zero-order valence-corrected chi connectivity index (χ0v) is 8.92. The van der Waals surface area contributed by atoms with E-state index in [0.717, 1.165) is 18.7 Å². The van der Waals surface area contributed by atoms with Crippen molar-refractivity contribution in [1.29, 1.82) is 0 Å². The smallest absolute Gasteiger partial charge is 0.177 e. The number of hydrogen-bond acceptors (Lipinski definition) is 1. The Morgan fingerprint density at radius 1 is 1.64 bits per heavy atom. The van der Waals surface area contributed by atoms with Crippen molar-refractivity contribution in [2.24, 2.45) is 0 Å². The summed E-state index contributed by atoms with van der Waals surface area (Å²) in [5.74, 6) is 0.736. The van der Waals surface area contributed by atoms with Crippen molar-refractivity contribution in [2.75, 3.05) is 13.6 Å². The average Bonchev–Trinajstić information content (AvgIpc) is 2.77. The predicted octanol–water partition coefficient (Wildman–Crippen LogP) is 2.74. The van der Waals surface area contributed by atoms with Gasteiger partial charge >= 0.3 is 0 Å². The first-order chi connectivity index (χ1) is 6.77. The first kappa shape index (κ1) is 9.53. The lowest BCUT2D eigenvalue weighted by atomic mass is 10.2. The van der Waals surface area contributed by atoms with Crippen LogP contribution in [-0.4, -0.2) is 23.9 Å².